The standard InChI is InChI=1S/C12H18N2O3/c1-8(2)12(13)6-9-4-10(14(15)16)7-11(5-9)17-3/h4-5,7-8,12H,6,13H2,1-3H3. The van der Waals surface area contributed by atoms with Crippen LogP contribution in [0.25, 0.3) is 0 Å². The van der Waals surface area contributed by atoms with Crippen LogP contribution in [0.1, 0.15) is 19.4 Å². The third kappa shape index (κ3) is 3.71. The van der Waals surface area contributed by atoms with Crippen molar-refractivity contribution in [2.45, 2.75) is 26.3 Å². The molecule has 0 amide bonds. The summed E-state index contributed by atoms with van der Waals surface area (Å²) in [5.74, 6) is 0.824. The van der Waals surface area contributed by atoms with Crippen LogP contribution in [0, 0.1) is 16.0 Å². The fraction of sp³-hybridized carbons (Fsp3) is 0.500. The second kappa shape index (κ2) is 5.63. The Kier molecular flexibility index (Phi) is 4.45. The number of nitro benzene ring substituents is 1. The third-order valence-electron chi connectivity index (χ3n) is 2.73. The Morgan fingerprint density at radius 2 is 2.06 bits per heavy atom. The summed E-state index contributed by atoms with van der Waals surface area (Å²) in [6.45, 7) is 4.05. The van der Waals surface area contributed by atoms with Crippen molar-refractivity contribution in [3.63, 3.8) is 0 Å². The average molecular weight is 238 g/mol. The molecule has 5 heteroatoms. The molecule has 0 bridgehead atoms. The molecule has 0 aromatic heterocycles. The smallest absolute Gasteiger partial charge is 0.273 e. The number of rotatable bonds is 5. The molecule has 17 heavy (non-hydrogen) atoms. The molecule has 2 N–H and O–H groups in total. The van der Waals surface area contributed by atoms with E-state index in [1.54, 1.807) is 12.1 Å². The van der Waals surface area contributed by atoms with Gasteiger partial charge in [-0.15, -0.1) is 0 Å². The highest BCUT2D eigenvalue weighted by atomic mass is 16.6. The van der Waals surface area contributed by atoms with Crippen LogP contribution >= 0.6 is 0 Å². The molecule has 0 aliphatic carbocycles. The van der Waals surface area contributed by atoms with Crippen LogP contribution in [-0.4, -0.2) is 18.1 Å². The Balaban J connectivity index is 2.98. The van der Waals surface area contributed by atoms with Crippen molar-refractivity contribution in [3.8, 4) is 5.75 Å². The lowest BCUT2D eigenvalue weighted by Crippen LogP contribution is -2.28. The Bertz CT molecular complexity index is 405. The Morgan fingerprint density at radius 1 is 1.41 bits per heavy atom. The third-order valence-corrected chi connectivity index (χ3v) is 2.73. The van der Waals surface area contributed by atoms with Crippen molar-refractivity contribution in [2.24, 2.45) is 11.7 Å². The van der Waals surface area contributed by atoms with Gasteiger partial charge in [0.15, 0.2) is 0 Å². The van der Waals surface area contributed by atoms with E-state index in [-0.39, 0.29) is 11.7 Å². The second-order valence-corrected chi connectivity index (χ2v) is 4.41. The molecule has 0 aliphatic heterocycles. The van der Waals surface area contributed by atoms with E-state index in [4.69, 9.17) is 10.5 Å². The predicted octanol–water partition coefficient (Wildman–Crippen LogP) is 2.13. The van der Waals surface area contributed by atoms with Crippen LogP contribution in [-0.2, 0) is 6.42 Å². The van der Waals surface area contributed by atoms with Gasteiger partial charge in [0.1, 0.15) is 5.75 Å². The van der Waals surface area contributed by atoms with Gasteiger partial charge in [0.05, 0.1) is 18.1 Å². The van der Waals surface area contributed by atoms with Crippen molar-refractivity contribution >= 4 is 5.69 Å². The van der Waals surface area contributed by atoms with E-state index >= 15 is 0 Å². The van der Waals surface area contributed by atoms with Crippen molar-refractivity contribution in [3.05, 3.63) is 33.9 Å². The fourth-order valence-corrected chi connectivity index (χ4v) is 1.49. The maximum absolute atomic E-state index is 10.8. The quantitative estimate of drug-likeness (QED) is 0.629. The molecule has 0 aliphatic rings. The van der Waals surface area contributed by atoms with E-state index in [9.17, 15) is 10.1 Å². The molecule has 1 unspecified atom stereocenters. The Hall–Kier alpha value is -1.62. The number of nitrogens with zero attached hydrogens (tertiary/aromatic N) is 1. The summed E-state index contributed by atoms with van der Waals surface area (Å²) in [5, 5.41) is 10.8. The summed E-state index contributed by atoms with van der Waals surface area (Å²) in [4.78, 5) is 10.3. The summed E-state index contributed by atoms with van der Waals surface area (Å²) in [6.07, 6.45) is 0.607. The van der Waals surface area contributed by atoms with Gasteiger partial charge in [0.25, 0.3) is 5.69 Å². The zero-order valence-corrected chi connectivity index (χ0v) is 10.3. The van der Waals surface area contributed by atoms with Crippen molar-refractivity contribution in [2.75, 3.05) is 7.11 Å². The van der Waals surface area contributed by atoms with Crippen molar-refractivity contribution < 1.29 is 9.66 Å². The van der Waals surface area contributed by atoms with Gasteiger partial charge in [0.2, 0.25) is 0 Å². The van der Waals surface area contributed by atoms with Gasteiger partial charge in [-0.25, -0.2) is 0 Å². The number of nitrogens with two attached hydrogens (primary N) is 1. The topological polar surface area (TPSA) is 78.4 Å². The maximum atomic E-state index is 10.8. The number of hydrogen-bond acceptors (Lipinski definition) is 4. The lowest BCUT2D eigenvalue weighted by Gasteiger charge is -2.15. The zero-order valence-electron chi connectivity index (χ0n) is 10.3. The average Bonchev–Trinajstić information content (AvgIpc) is 2.28. The second-order valence-electron chi connectivity index (χ2n) is 4.41. The molecule has 1 rings (SSSR count). The molecule has 0 saturated heterocycles. The fourth-order valence-electron chi connectivity index (χ4n) is 1.49. The summed E-state index contributed by atoms with van der Waals surface area (Å²) in [7, 11) is 1.49. The predicted molar refractivity (Wildman–Crippen MR) is 66.2 cm³/mol. The van der Waals surface area contributed by atoms with E-state index in [2.05, 4.69) is 0 Å². The van der Waals surface area contributed by atoms with Crippen molar-refractivity contribution in [1.82, 2.24) is 0 Å². The van der Waals surface area contributed by atoms with E-state index in [0.29, 0.717) is 18.1 Å². The van der Waals surface area contributed by atoms with Gasteiger partial charge in [-0.2, -0.15) is 0 Å². The van der Waals surface area contributed by atoms with Crippen LogP contribution in [0.3, 0.4) is 0 Å². The lowest BCUT2D eigenvalue weighted by atomic mass is 9.97. The van der Waals surface area contributed by atoms with Gasteiger partial charge in [-0.3, -0.25) is 10.1 Å². The maximum Gasteiger partial charge on any atom is 0.273 e. The van der Waals surface area contributed by atoms with Gasteiger partial charge >= 0.3 is 0 Å². The number of benzene rings is 1. The molecule has 0 spiro atoms. The SMILES string of the molecule is COc1cc(CC(N)C(C)C)cc([N+](=O)[O-])c1. The summed E-state index contributed by atoms with van der Waals surface area (Å²) in [6, 6.07) is 4.73. The minimum Gasteiger partial charge on any atom is -0.496 e. The minimum absolute atomic E-state index is 0.0123. The molecule has 0 fully saturated rings. The van der Waals surface area contributed by atoms with E-state index in [0.717, 1.165) is 5.56 Å². The first kappa shape index (κ1) is 13.4. The molecule has 1 aromatic rings. The highest BCUT2D eigenvalue weighted by Gasteiger charge is 2.14. The summed E-state index contributed by atoms with van der Waals surface area (Å²) < 4.78 is 5.04. The highest BCUT2D eigenvalue weighted by molar-refractivity contribution is 5.43. The zero-order chi connectivity index (χ0) is 13.0. The molecule has 0 heterocycles. The normalized spacial score (nSPS) is 12.5. The number of nitro groups is 1. The van der Waals surface area contributed by atoms with Crippen LogP contribution in [0.2, 0.25) is 0 Å². The molecular weight excluding hydrogens is 220 g/mol. The highest BCUT2D eigenvalue weighted by Crippen LogP contribution is 2.23. The van der Waals surface area contributed by atoms with Gasteiger partial charge in [-0.05, 0) is 24.0 Å². The van der Waals surface area contributed by atoms with Crippen LogP contribution in [0.4, 0.5) is 5.69 Å². The van der Waals surface area contributed by atoms with E-state index < -0.39 is 4.92 Å². The van der Waals surface area contributed by atoms with Gasteiger partial charge < -0.3 is 10.5 Å². The van der Waals surface area contributed by atoms with Gasteiger partial charge in [-0.1, -0.05) is 13.8 Å². The first-order chi connectivity index (χ1) is 7.93. The number of hydrogen-bond donors (Lipinski definition) is 1. The van der Waals surface area contributed by atoms with Crippen LogP contribution in [0.5, 0.6) is 5.75 Å². The van der Waals surface area contributed by atoms with Crippen LogP contribution in [0.15, 0.2) is 18.2 Å². The van der Waals surface area contributed by atoms with Crippen LogP contribution < -0.4 is 10.5 Å². The van der Waals surface area contributed by atoms with E-state index in [1.807, 2.05) is 13.8 Å². The number of methoxy groups -OCH3 is 1. The monoisotopic (exact) mass is 238 g/mol. The molecule has 0 saturated carbocycles. The Morgan fingerprint density at radius 3 is 2.53 bits per heavy atom. The summed E-state index contributed by atoms with van der Waals surface area (Å²) >= 11 is 0. The molecule has 94 valence electrons. The molecular formula is C12H18N2O3. The summed E-state index contributed by atoms with van der Waals surface area (Å²) in [5.41, 5.74) is 6.82. The Labute approximate surface area is 101 Å². The molecule has 1 atom stereocenters. The lowest BCUT2D eigenvalue weighted by molar-refractivity contribution is -0.385. The largest absolute Gasteiger partial charge is 0.496 e. The minimum atomic E-state index is -0.424. The first-order valence-electron chi connectivity index (χ1n) is 5.52. The van der Waals surface area contributed by atoms with Crippen molar-refractivity contribution in [1.29, 1.82) is 0 Å². The number of non-ortho nitro benzene ring substituents is 1. The number of ether oxygens (including phenoxy) is 1. The molecule has 5 nitrogen and oxygen atoms in total. The van der Waals surface area contributed by atoms with E-state index in [1.165, 1.54) is 13.2 Å². The van der Waals surface area contributed by atoms with Gasteiger partial charge in [0, 0.05) is 12.1 Å². The molecule has 1 aromatic carbocycles. The molecule has 0 radical (unpaired) electrons. The first-order valence-corrected chi connectivity index (χ1v) is 5.52.